The third-order valence-corrected chi connectivity index (χ3v) is 6.03. The number of carbonyl (C=O) groups is 2. The molecular weight excluding hydrogens is 463 g/mol. The van der Waals surface area contributed by atoms with E-state index in [0.29, 0.717) is 5.75 Å². The number of nitrogens with one attached hydrogen (secondary N) is 2. The van der Waals surface area contributed by atoms with Crippen molar-refractivity contribution in [2.45, 2.75) is 44.5 Å². The van der Waals surface area contributed by atoms with Crippen molar-refractivity contribution in [1.29, 1.82) is 0 Å². The van der Waals surface area contributed by atoms with Crippen molar-refractivity contribution in [3.8, 4) is 11.5 Å². The minimum Gasteiger partial charge on any atom is -0.497 e. The van der Waals surface area contributed by atoms with Crippen molar-refractivity contribution in [2.75, 3.05) is 26.9 Å². The Labute approximate surface area is 190 Å². The summed E-state index contributed by atoms with van der Waals surface area (Å²) in [7, 11) is -2.98. The summed E-state index contributed by atoms with van der Waals surface area (Å²) in [6, 6.07) is 4.54. The van der Waals surface area contributed by atoms with Gasteiger partial charge in [-0.25, -0.2) is 9.65 Å². The lowest BCUT2D eigenvalue weighted by Crippen LogP contribution is -2.64. The second-order valence-electron chi connectivity index (χ2n) is 6.94. The lowest BCUT2D eigenvalue weighted by atomic mass is 9.97. The van der Waals surface area contributed by atoms with E-state index in [1.807, 2.05) is 0 Å². The summed E-state index contributed by atoms with van der Waals surface area (Å²) in [5, 5.41) is 35.0. The van der Waals surface area contributed by atoms with Crippen LogP contribution in [0.15, 0.2) is 24.3 Å². The number of hydrogen-bond donors (Lipinski definition) is 5. The zero-order valence-electron chi connectivity index (χ0n) is 18.4. The molecule has 0 bridgehead atoms. The maximum absolute atomic E-state index is 13.6. The first kappa shape index (κ1) is 27.0. The summed E-state index contributed by atoms with van der Waals surface area (Å²) < 4.78 is 39.6. The highest BCUT2D eigenvalue weighted by Crippen LogP contribution is 2.47. The molecule has 1 aliphatic heterocycles. The Balaban J connectivity index is 2.34. The van der Waals surface area contributed by atoms with Crippen molar-refractivity contribution in [1.82, 2.24) is 10.4 Å². The van der Waals surface area contributed by atoms with Gasteiger partial charge in [0, 0.05) is 6.92 Å². The Hall–Kier alpha value is -2.25. The monoisotopic (exact) mass is 492 g/mol. The van der Waals surface area contributed by atoms with Gasteiger partial charge in [0.15, 0.2) is 6.29 Å². The molecule has 1 saturated heterocycles. The summed E-state index contributed by atoms with van der Waals surface area (Å²) in [5.41, 5.74) is 0. The fraction of sp³-hybridized carbons (Fsp3) is 0.579. The van der Waals surface area contributed by atoms with E-state index in [4.69, 9.17) is 23.3 Å². The smallest absolute Gasteiger partial charge is 0.459 e. The molecule has 1 aromatic carbocycles. The van der Waals surface area contributed by atoms with Gasteiger partial charge in [-0.05, 0) is 31.2 Å². The van der Waals surface area contributed by atoms with Gasteiger partial charge in [0.1, 0.15) is 42.4 Å². The summed E-state index contributed by atoms with van der Waals surface area (Å²) in [5.74, 6) is -0.792. The van der Waals surface area contributed by atoms with Gasteiger partial charge in [-0.1, -0.05) is 0 Å². The zero-order valence-corrected chi connectivity index (χ0v) is 19.3. The van der Waals surface area contributed by atoms with Crippen LogP contribution in [0.3, 0.4) is 0 Å². The van der Waals surface area contributed by atoms with E-state index < -0.39 is 63.4 Å². The minimum absolute atomic E-state index is 0.0624. The van der Waals surface area contributed by atoms with Crippen LogP contribution in [0.1, 0.15) is 13.8 Å². The van der Waals surface area contributed by atoms with Crippen LogP contribution < -0.4 is 19.7 Å². The van der Waals surface area contributed by atoms with E-state index in [-0.39, 0.29) is 12.4 Å². The van der Waals surface area contributed by atoms with Crippen LogP contribution in [0, 0.1) is 0 Å². The van der Waals surface area contributed by atoms with Gasteiger partial charge in [0.05, 0.1) is 20.3 Å². The topological polar surface area (TPSA) is 182 Å². The molecule has 0 saturated carbocycles. The second-order valence-corrected chi connectivity index (χ2v) is 8.64. The number of rotatable bonds is 11. The molecule has 0 aliphatic carbocycles. The van der Waals surface area contributed by atoms with Gasteiger partial charge in [-0.15, -0.1) is 0 Å². The fourth-order valence-corrected chi connectivity index (χ4v) is 4.48. The highest BCUT2D eigenvalue weighted by molar-refractivity contribution is 7.52. The summed E-state index contributed by atoms with van der Waals surface area (Å²) in [4.78, 5) is 23.4. The Morgan fingerprint density at radius 3 is 2.36 bits per heavy atom. The molecule has 5 N–H and O–H groups in total. The van der Waals surface area contributed by atoms with Crippen molar-refractivity contribution in [3.05, 3.63) is 24.3 Å². The van der Waals surface area contributed by atoms with Crippen molar-refractivity contribution >= 4 is 19.6 Å². The van der Waals surface area contributed by atoms with Crippen LogP contribution in [0.2, 0.25) is 0 Å². The molecule has 13 nitrogen and oxygen atoms in total. The van der Waals surface area contributed by atoms with E-state index >= 15 is 0 Å². The molecule has 0 aromatic heterocycles. The molecule has 1 heterocycles. The maximum Gasteiger partial charge on any atom is 0.459 e. The first-order chi connectivity index (χ1) is 15.6. The molecule has 0 spiro atoms. The van der Waals surface area contributed by atoms with Gasteiger partial charge in [-0.3, -0.25) is 14.1 Å². The van der Waals surface area contributed by atoms with Crippen molar-refractivity contribution < 1.29 is 52.7 Å². The quantitative estimate of drug-likeness (QED) is 0.194. The lowest BCUT2D eigenvalue weighted by molar-refractivity contribution is -0.250. The molecule has 1 fully saturated rings. The zero-order chi connectivity index (χ0) is 24.6. The Morgan fingerprint density at radius 2 is 1.82 bits per heavy atom. The molecule has 2 unspecified atom stereocenters. The minimum atomic E-state index is -4.44. The third-order valence-electron chi connectivity index (χ3n) is 4.51. The average molecular weight is 492 g/mol. The predicted molar refractivity (Wildman–Crippen MR) is 112 cm³/mol. The molecule has 1 aromatic rings. The van der Waals surface area contributed by atoms with E-state index in [0.717, 1.165) is 6.92 Å². The normalized spacial score (nSPS) is 26.7. The number of aliphatic hydroxyl groups is 3. The SMILES string of the molecule is CCOC(=O)CNP(=O)(Oc1ccc(OC)cc1)O[C@H]1[C@H](O)[C@@H](CO)OC(O)[C@@H]1NC(C)=O. The van der Waals surface area contributed by atoms with Crippen LogP contribution in [-0.4, -0.2) is 84.7 Å². The number of benzene rings is 1. The average Bonchev–Trinajstić information content (AvgIpc) is 2.77. The maximum atomic E-state index is 13.6. The molecular formula is C19H29N2O11P. The number of esters is 1. The molecule has 33 heavy (non-hydrogen) atoms. The van der Waals surface area contributed by atoms with E-state index in [1.165, 1.54) is 31.4 Å². The number of ether oxygens (including phenoxy) is 3. The standard InChI is InChI=1S/C19H29N2O11P/c1-4-29-15(24)9-20-33(27,31-13-7-5-12(28-3)6-8-13)32-18-16(21-11(2)23)19(26)30-14(10-22)17(18)25/h5-8,14,16-19,22,25-26H,4,9-10H2,1-3H3,(H,20,27)(H,21,23)/t14-,16-,17-,18-,19?,33?/m1/s1. The van der Waals surface area contributed by atoms with E-state index in [9.17, 15) is 29.5 Å². The van der Waals surface area contributed by atoms with Gasteiger partial charge < -0.3 is 39.4 Å². The molecule has 0 radical (unpaired) electrons. The second kappa shape index (κ2) is 12.3. The molecule has 1 amide bonds. The number of aliphatic hydroxyl groups excluding tert-OH is 3. The van der Waals surface area contributed by atoms with Crippen LogP contribution in [0.4, 0.5) is 0 Å². The Kier molecular flexibility index (Phi) is 10.0. The third kappa shape index (κ3) is 7.64. The first-order valence-corrected chi connectivity index (χ1v) is 11.6. The molecule has 2 rings (SSSR count). The summed E-state index contributed by atoms with van der Waals surface area (Å²) >= 11 is 0. The number of hydrogen-bond acceptors (Lipinski definition) is 11. The highest BCUT2D eigenvalue weighted by Gasteiger charge is 2.49. The van der Waals surface area contributed by atoms with Gasteiger partial charge in [0.25, 0.3) is 0 Å². The summed E-state index contributed by atoms with van der Waals surface area (Å²) in [6.45, 7) is 1.55. The number of methoxy groups -OCH3 is 1. The Bertz CT molecular complexity index is 838. The van der Waals surface area contributed by atoms with Crippen LogP contribution in [-0.2, 0) is 28.2 Å². The fourth-order valence-electron chi connectivity index (χ4n) is 3.00. The molecule has 186 valence electrons. The predicted octanol–water partition coefficient (Wildman–Crippen LogP) is -0.705. The number of carbonyl (C=O) groups excluding carboxylic acids is 2. The highest BCUT2D eigenvalue weighted by atomic mass is 31.2. The van der Waals surface area contributed by atoms with Gasteiger partial charge in [0.2, 0.25) is 5.91 Å². The first-order valence-electron chi connectivity index (χ1n) is 10.0. The van der Waals surface area contributed by atoms with E-state index in [1.54, 1.807) is 6.92 Å². The van der Waals surface area contributed by atoms with Gasteiger partial charge >= 0.3 is 13.7 Å². The van der Waals surface area contributed by atoms with E-state index in [2.05, 4.69) is 10.4 Å². The number of amides is 1. The Morgan fingerprint density at radius 1 is 1.18 bits per heavy atom. The lowest BCUT2D eigenvalue weighted by Gasteiger charge is -2.42. The van der Waals surface area contributed by atoms with Crippen LogP contribution in [0.25, 0.3) is 0 Å². The van der Waals surface area contributed by atoms with Crippen LogP contribution in [0.5, 0.6) is 11.5 Å². The van der Waals surface area contributed by atoms with Crippen LogP contribution >= 0.6 is 7.75 Å². The van der Waals surface area contributed by atoms with Crippen molar-refractivity contribution in [3.63, 3.8) is 0 Å². The van der Waals surface area contributed by atoms with Crippen molar-refractivity contribution in [2.24, 2.45) is 0 Å². The van der Waals surface area contributed by atoms with Gasteiger partial charge in [-0.2, -0.15) is 0 Å². The largest absolute Gasteiger partial charge is 0.497 e. The molecule has 14 heteroatoms. The molecule has 1 aliphatic rings. The summed E-state index contributed by atoms with van der Waals surface area (Å²) in [6.07, 6.45) is -6.21. The molecule has 6 atom stereocenters.